The van der Waals surface area contributed by atoms with Crippen molar-refractivity contribution in [2.45, 2.75) is 6.61 Å². The highest BCUT2D eigenvalue weighted by Gasteiger charge is 2.07. The molecule has 0 saturated carbocycles. The van der Waals surface area contributed by atoms with Gasteiger partial charge in [-0.05, 0) is 18.2 Å². The molecule has 86 valence electrons. The van der Waals surface area contributed by atoms with Gasteiger partial charge >= 0.3 is 5.97 Å². The first kappa shape index (κ1) is 11.2. The second kappa shape index (κ2) is 5.16. The number of carbonyl (C=O) groups excluding carboxylic acids is 1. The van der Waals surface area contributed by atoms with Crippen LogP contribution in [-0.2, 0) is 11.3 Å². The van der Waals surface area contributed by atoms with Crippen molar-refractivity contribution < 1.29 is 13.9 Å². The number of hydrogen-bond donors (Lipinski definition) is 0. The fraction of sp³-hybridized carbons (Fsp3) is 0.0833. The first-order chi connectivity index (χ1) is 8.25. The van der Waals surface area contributed by atoms with Crippen molar-refractivity contribution in [1.29, 1.82) is 0 Å². The summed E-state index contributed by atoms with van der Waals surface area (Å²) in [6.45, 7) is -0.0154. The number of esters is 1. The monoisotopic (exact) mass is 232 g/mol. The molecule has 0 atom stereocenters. The summed E-state index contributed by atoms with van der Waals surface area (Å²) in [6, 6.07) is 4.50. The molecule has 5 heteroatoms. The Kier molecular flexibility index (Phi) is 3.40. The summed E-state index contributed by atoms with van der Waals surface area (Å²) in [6.07, 6.45) is 5.51. The second-order valence-electron chi connectivity index (χ2n) is 3.33. The third-order valence-electron chi connectivity index (χ3n) is 2.03. The van der Waals surface area contributed by atoms with Gasteiger partial charge < -0.3 is 4.74 Å². The van der Waals surface area contributed by atoms with Crippen LogP contribution in [0.4, 0.5) is 4.39 Å². The van der Waals surface area contributed by atoms with E-state index < -0.39 is 11.8 Å². The van der Waals surface area contributed by atoms with E-state index in [1.807, 2.05) is 0 Å². The quantitative estimate of drug-likeness (QED) is 0.759. The predicted octanol–water partition coefficient (Wildman–Crippen LogP) is 1.97. The van der Waals surface area contributed by atoms with Crippen LogP contribution in [0, 0.1) is 5.82 Å². The first-order valence-electron chi connectivity index (χ1n) is 4.92. The van der Waals surface area contributed by atoms with Crippen LogP contribution in [-0.4, -0.2) is 15.9 Å². The maximum Gasteiger partial charge on any atom is 0.340 e. The van der Waals surface area contributed by atoms with Crippen molar-refractivity contribution in [2.24, 2.45) is 0 Å². The first-order valence-corrected chi connectivity index (χ1v) is 4.92. The molecule has 0 unspecified atom stereocenters. The standard InChI is InChI=1S/C12H9FN2O2/c13-11-4-9(5-15-7-11)8-17-12(16)10-2-1-3-14-6-10/h1-7H,8H2. The van der Waals surface area contributed by atoms with E-state index in [2.05, 4.69) is 9.97 Å². The number of nitrogens with zero attached hydrogens (tertiary/aromatic N) is 2. The fourth-order valence-corrected chi connectivity index (χ4v) is 1.25. The van der Waals surface area contributed by atoms with Gasteiger partial charge in [0.15, 0.2) is 0 Å². The minimum atomic E-state index is -0.498. The number of halogens is 1. The average Bonchev–Trinajstić information content (AvgIpc) is 2.37. The van der Waals surface area contributed by atoms with Crippen molar-refractivity contribution in [2.75, 3.05) is 0 Å². The molecule has 0 amide bonds. The van der Waals surface area contributed by atoms with Crippen LogP contribution in [0.25, 0.3) is 0 Å². The molecule has 0 N–H and O–H groups in total. The fourth-order valence-electron chi connectivity index (χ4n) is 1.25. The second-order valence-corrected chi connectivity index (χ2v) is 3.33. The molecule has 0 radical (unpaired) electrons. The van der Waals surface area contributed by atoms with Crippen LogP contribution in [0.5, 0.6) is 0 Å². The van der Waals surface area contributed by atoms with E-state index in [1.165, 1.54) is 18.5 Å². The van der Waals surface area contributed by atoms with E-state index in [-0.39, 0.29) is 6.61 Å². The number of carbonyl (C=O) groups is 1. The maximum absolute atomic E-state index is 12.8. The van der Waals surface area contributed by atoms with Gasteiger partial charge in [-0.15, -0.1) is 0 Å². The topological polar surface area (TPSA) is 52.1 Å². The molecule has 4 nitrogen and oxygen atoms in total. The zero-order valence-corrected chi connectivity index (χ0v) is 8.84. The highest BCUT2D eigenvalue weighted by atomic mass is 19.1. The lowest BCUT2D eigenvalue weighted by atomic mass is 10.3. The molecule has 0 fully saturated rings. The Morgan fingerprint density at radius 3 is 2.88 bits per heavy atom. The molecule has 0 saturated heterocycles. The third kappa shape index (κ3) is 3.07. The van der Waals surface area contributed by atoms with Gasteiger partial charge in [0.05, 0.1) is 11.8 Å². The molecule has 0 bridgehead atoms. The smallest absolute Gasteiger partial charge is 0.340 e. The summed E-state index contributed by atoms with van der Waals surface area (Å²) >= 11 is 0. The van der Waals surface area contributed by atoms with Crippen molar-refractivity contribution in [1.82, 2.24) is 9.97 Å². The van der Waals surface area contributed by atoms with E-state index in [4.69, 9.17) is 4.74 Å². The van der Waals surface area contributed by atoms with Crippen molar-refractivity contribution in [3.05, 3.63) is 59.9 Å². The van der Waals surface area contributed by atoms with Gasteiger partial charge in [0.2, 0.25) is 0 Å². The molecule has 2 heterocycles. The molecule has 2 rings (SSSR count). The Labute approximate surface area is 97.1 Å². The minimum absolute atomic E-state index is 0.0154. The molecule has 2 aromatic rings. The van der Waals surface area contributed by atoms with Crippen molar-refractivity contribution in [3.8, 4) is 0 Å². The molecule has 17 heavy (non-hydrogen) atoms. The number of ether oxygens (including phenoxy) is 1. The zero-order chi connectivity index (χ0) is 12.1. The lowest BCUT2D eigenvalue weighted by Crippen LogP contribution is -2.05. The van der Waals surface area contributed by atoms with E-state index >= 15 is 0 Å². The molecular formula is C12H9FN2O2. The molecule has 0 aliphatic heterocycles. The summed E-state index contributed by atoms with van der Waals surface area (Å²) in [5.41, 5.74) is 0.860. The maximum atomic E-state index is 12.8. The lowest BCUT2D eigenvalue weighted by Gasteiger charge is -2.04. The van der Waals surface area contributed by atoms with Crippen LogP contribution < -0.4 is 0 Å². The molecule has 2 aromatic heterocycles. The molecule has 0 aliphatic carbocycles. The molecule has 0 spiro atoms. The van der Waals surface area contributed by atoms with Crippen LogP contribution in [0.1, 0.15) is 15.9 Å². The highest BCUT2D eigenvalue weighted by Crippen LogP contribution is 2.05. The number of rotatable bonds is 3. The number of aromatic nitrogens is 2. The van der Waals surface area contributed by atoms with E-state index in [9.17, 15) is 9.18 Å². The Bertz CT molecular complexity index is 517. The lowest BCUT2D eigenvalue weighted by molar-refractivity contribution is 0.0471. The molecule has 0 aliphatic rings. The minimum Gasteiger partial charge on any atom is -0.457 e. The normalized spacial score (nSPS) is 9.94. The average molecular weight is 232 g/mol. The van der Waals surface area contributed by atoms with Gasteiger partial charge in [0.25, 0.3) is 0 Å². The van der Waals surface area contributed by atoms with Gasteiger partial charge in [-0.25, -0.2) is 9.18 Å². The van der Waals surface area contributed by atoms with Crippen LogP contribution in [0.15, 0.2) is 43.0 Å². The summed E-state index contributed by atoms with van der Waals surface area (Å²) in [7, 11) is 0. The summed E-state index contributed by atoms with van der Waals surface area (Å²) in [4.78, 5) is 19.0. The van der Waals surface area contributed by atoms with E-state index in [1.54, 1.807) is 18.3 Å². The highest BCUT2D eigenvalue weighted by molar-refractivity contribution is 5.88. The Morgan fingerprint density at radius 2 is 2.18 bits per heavy atom. The van der Waals surface area contributed by atoms with Gasteiger partial charge in [-0.1, -0.05) is 0 Å². The Morgan fingerprint density at radius 1 is 1.29 bits per heavy atom. The van der Waals surface area contributed by atoms with E-state index in [0.717, 1.165) is 6.20 Å². The zero-order valence-electron chi connectivity index (χ0n) is 8.84. The largest absolute Gasteiger partial charge is 0.457 e. The molecule has 0 aromatic carbocycles. The summed E-state index contributed by atoms with van der Waals surface area (Å²) in [5, 5.41) is 0. The third-order valence-corrected chi connectivity index (χ3v) is 2.03. The number of pyridine rings is 2. The number of hydrogen-bond acceptors (Lipinski definition) is 4. The predicted molar refractivity (Wildman–Crippen MR) is 57.6 cm³/mol. The van der Waals surface area contributed by atoms with Crippen LogP contribution in [0.3, 0.4) is 0 Å². The Hall–Kier alpha value is -2.30. The van der Waals surface area contributed by atoms with Crippen LogP contribution >= 0.6 is 0 Å². The van der Waals surface area contributed by atoms with Gasteiger partial charge in [-0.3, -0.25) is 9.97 Å². The van der Waals surface area contributed by atoms with Crippen molar-refractivity contribution in [3.63, 3.8) is 0 Å². The summed E-state index contributed by atoms with van der Waals surface area (Å²) < 4.78 is 17.8. The van der Waals surface area contributed by atoms with E-state index in [0.29, 0.717) is 11.1 Å². The van der Waals surface area contributed by atoms with Crippen molar-refractivity contribution >= 4 is 5.97 Å². The summed E-state index contributed by atoms with van der Waals surface area (Å²) in [5.74, 6) is -0.956. The van der Waals surface area contributed by atoms with Crippen LogP contribution in [0.2, 0.25) is 0 Å². The Balaban J connectivity index is 1.97. The van der Waals surface area contributed by atoms with Gasteiger partial charge in [0.1, 0.15) is 12.4 Å². The van der Waals surface area contributed by atoms with Gasteiger partial charge in [0, 0.05) is 24.2 Å². The SMILES string of the molecule is O=C(OCc1cncc(F)c1)c1cccnc1. The molecular weight excluding hydrogens is 223 g/mol. The van der Waals surface area contributed by atoms with Gasteiger partial charge in [-0.2, -0.15) is 0 Å².